The summed E-state index contributed by atoms with van der Waals surface area (Å²) < 4.78 is 19.3. The minimum Gasteiger partial charge on any atom is -0.462 e. The standard InChI is InChI=1S/C44H54O7/c1-26(2)30-23-34(49-35(46)24-30)27(3)32-25-33(45)36-37-39(51-41(48)29-17-11-8-12-18-29)38(50-40(47)28-15-9-7-10-16-28)31-19-13-14-20-43(31,5)44(37,6)22-21-42(32,36)4/h7-12,15-18,25-27,30-31,34,36-39H,13-14,19-24H2,1-6H3/t27?,30?,31?,34?,36?,37?,38-,39-,42-,43+,44+/m1/s1. The van der Waals surface area contributed by atoms with Crippen LogP contribution < -0.4 is 0 Å². The Labute approximate surface area is 302 Å². The van der Waals surface area contributed by atoms with Crippen LogP contribution in [0.2, 0.25) is 0 Å². The van der Waals surface area contributed by atoms with Crippen molar-refractivity contribution in [2.75, 3.05) is 0 Å². The van der Waals surface area contributed by atoms with Gasteiger partial charge >= 0.3 is 17.9 Å². The largest absolute Gasteiger partial charge is 0.462 e. The van der Waals surface area contributed by atoms with Gasteiger partial charge in [0.1, 0.15) is 18.3 Å². The smallest absolute Gasteiger partial charge is 0.338 e. The molecule has 0 spiro atoms. The monoisotopic (exact) mass is 694 g/mol. The van der Waals surface area contributed by atoms with E-state index in [4.69, 9.17) is 14.2 Å². The fourth-order valence-corrected chi connectivity index (χ4v) is 11.4. The number of ketones is 1. The Hall–Kier alpha value is -3.74. The van der Waals surface area contributed by atoms with Gasteiger partial charge in [0.2, 0.25) is 0 Å². The summed E-state index contributed by atoms with van der Waals surface area (Å²) in [4.78, 5) is 55.6. The molecule has 7 heteroatoms. The molecule has 0 aromatic heterocycles. The van der Waals surface area contributed by atoms with Crippen molar-refractivity contribution in [3.8, 4) is 0 Å². The molecule has 0 N–H and O–H groups in total. The SMILES string of the molecule is CC(C)C1CC(=O)OC(C(C)C2=CC(=O)C3C4[C@@H](OC(=O)c5ccccc5)[C@H](OC(=O)c5ccccc5)C5CCCC[C@]5(C)[C@@]4(C)CC[C@]23C)C1. The zero-order valence-electron chi connectivity index (χ0n) is 31.1. The van der Waals surface area contributed by atoms with Crippen molar-refractivity contribution in [2.45, 2.75) is 111 Å². The third kappa shape index (κ3) is 5.87. The van der Waals surface area contributed by atoms with E-state index in [1.54, 1.807) is 24.3 Å². The molecule has 2 aromatic carbocycles. The van der Waals surface area contributed by atoms with Crippen LogP contribution in [-0.4, -0.2) is 42.0 Å². The first-order valence-corrected chi connectivity index (χ1v) is 19.3. The summed E-state index contributed by atoms with van der Waals surface area (Å²) in [6.45, 7) is 13.3. The number of ether oxygens (including phenoxy) is 3. The summed E-state index contributed by atoms with van der Waals surface area (Å²) >= 11 is 0. The molecule has 0 radical (unpaired) electrons. The normalized spacial score (nSPS) is 38.0. The van der Waals surface area contributed by atoms with Crippen LogP contribution in [0.4, 0.5) is 0 Å². The number of hydrogen-bond donors (Lipinski definition) is 0. The summed E-state index contributed by atoms with van der Waals surface area (Å²) in [5.41, 5.74) is 0.729. The Morgan fingerprint density at radius 2 is 1.39 bits per heavy atom. The van der Waals surface area contributed by atoms with Gasteiger partial charge in [-0.2, -0.15) is 0 Å². The molecule has 0 amide bonds. The quantitative estimate of drug-likeness (QED) is 0.211. The minimum absolute atomic E-state index is 0.0320. The Balaban J connectivity index is 1.32. The number of rotatable bonds is 7. The van der Waals surface area contributed by atoms with E-state index >= 15 is 0 Å². The van der Waals surface area contributed by atoms with Gasteiger partial charge in [-0.05, 0) is 90.5 Å². The molecule has 0 bridgehead atoms. The van der Waals surface area contributed by atoms with E-state index in [-0.39, 0.29) is 46.4 Å². The highest BCUT2D eigenvalue weighted by Crippen LogP contribution is 2.72. The number of benzene rings is 2. The predicted octanol–water partition coefficient (Wildman–Crippen LogP) is 8.81. The molecule has 1 aliphatic heterocycles. The Morgan fingerprint density at radius 3 is 2.00 bits per heavy atom. The van der Waals surface area contributed by atoms with Crippen LogP contribution in [-0.2, 0) is 23.8 Å². The van der Waals surface area contributed by atoms with Crippen molar-refractivity contribution in [1.29, 1.82) is 0 Å². The van der Waals surface area contributed by atoms with Gasteiger partial charge in [0.05, 0.1) is 11.1 Å². The molecule has 7 nitrogen and oxygen atoms in total. The van der Waals surface area contributed by atoms with E-state index in [2.05, 4.69) is 41.5 Å². The van der Waals surface area contributed by atoms with Gasteiger partial charge in [-0.15, -0.1) is 0 Å². The van der Waals surface area contributed by atoms with Gasteiger partial charge in [-0.25, -0.2) is 9.59 Å². The molecule has 4 aliphatic carbocycles. The van der Waals surface area contributed by atoms with Crippen molar-refractivity contribution in [2.24, 2.45) is 51.8 Å². The summed E-state index contributed by atoms with van der Waals surface area (Å²) in [6, 6.07) is 18.0. The maximum absolute atomic E-state index is 14.7. The van der Waals surface area contributed by atoms with Gasteiger partial charge in [0.25, 0.3) is 0 Å². The number of fused-ring (bicyclic) bond motifs is 5. The first kappa shape index (κ1) is 35.7. The van der Waals surface area contributed by atoms with Crippen LogP contribution in [0, 0.1) is 51.8 Å². The molecule has 3 saturated carbocycles. The topological polar surface area (TPSA) is 96.0 Å². The lowest BCUT2D eigenvalue weighted by Crippen LogP contribution is -2.70. The highest BCUT2D eigenvalue weighted by atomic mass is 16.6. The Morgan fingerprint density at radius 1 is 0.784 bits per heavy atom. The third-order valence-corrected chi connectivity index (χ3v) is 14.6. The summed E-state index contributed by atoms with van der Waals surface area (Å²) in [6.07, 6.45) is 6.68. The molecule has 1 saturated heterocycles. The molecule has 7 rings (SSSR count). The highest BCUT2D eigenvalue weighted by Gasteiger charge is 2.72. The highest BCUT2D eigenvalue weighted by molar-refractivity contribution is 5.97. The van der Waals surface area contributed by atoms with Gasteiger partial charge in [0.15, 0.2) is 5.78 Å². The molecule has 2 aromatic rings. The number of cyclic esters (lactones) is 1. The van der Waals surface area contributed by atoms with Crippen LogP contribution in [0.25, 0.3) is 0 Å². The molecule has 11 atom stereocenters. The predicted molar refractivity (Wildman–Crippen MR) is 193 cm³/mol. The molecular weight excluding hydrogens is 640 g/mol. The van der Waals surface area contributed by atoms with E-state index < -0.39 is 41.4 Å². The molecule has 1 heterocycles. The van der Waals surface area contributed by atoms with Crippen molar-refractivity contribution in [3.05, 3.63) is 83.4 Å². The van der Waals surface area contributed by atoms with Gasteiger partial charge in [-0.1, -0.05) is 96.4 Å². The maximum atomic E-state index is 14.7. The molecule has 4 fully saturated rings. The van der Waals surface area contributed by atoms with Crippen molar-refractivity contribution in [3.63, 3.8) is 0 Å². The van der Waals surface area contributed by atoms with Crippen molar-refractivity contribution in [1.82, 2.24) is 0 Å². The van der Waals surface area contributed by atoms with Crippen molar-refractivity contribution >= 4 is 23.7 Å². The van der Waals surface area contributed by atoms with Crippen molar-refractivity contribution < 1.29 is 33.4 Å². The maximum Gasteiger partial charge on any atom is 0.338 e. The van der Waals surface area contributed by atoms with Crippen LogP contribution in [0.1, 0.15) is 114 Å². The summed E-state index contributed by atoms with van der Waals surface area (Å²) in [5, 5.41) is 0. The van der Waals surface area contributed by atoms with Gasteiger partial charge in [0, 0.05) is 30.1 Å². The second-order valence-corrected chi connectivity index (χ2v) is 17.3. The third-order valence-electron chi connectivity index (χ3n) is 14.6. The number of esters is 3. The van der Waals surface area contributed by atoms with E-state index in [9.17, 15) is 19.2 Å². The van der Waals surface area contributed by atoms with Gasteiger partial charge < -0.3 is 14.2 Å². The second kappa shape index (κ2) is 13.3. The molecule has 272 valence electrons. The fourth-order valence-electron chi connectivity index (χ4n) is 11.4. The van der Waals surface area contributed by atoms with Gasteiger partial charge in [-0.3, -0.25) is 9.59 Å². The number of carbonyl (C=O) groups is 4. The molecule has 51 heavy (non-hydrogen) atoms. The van der Waals surface area contributed by atoms with Crippen LogP contribution in [0.3, 0.4) is 0 Å². The number of allylic oxidation sites excluding steroid dienone is 1. The lowest BCUT2D eigenvalue weighted by Gasteiger charge is -2.68. The second-order valence-electron chi connectivity index (χ2n) is 17.3. The molecule has 5 aliphatic rings. The fraction of sp³-hybridized carbons (Fsp3) is 0.591. The lowest BCUT2D eigenvalue weighted by atomic mass is 9.37. The zero-order chi connectivity index (χ0) is 36.3. The van der Waals surface area contributed by atoms with E-state index in [1.165, 1.54) is 0 Å². The van der Waals surface area contributed by atoms with E-state index in [1.807, 2.05) is 42.5 Å². The summed E-state index contributed by atoms with van der Waals surface area (Å²) in [5.74, 6) is -1.54. The average Bonchev–Trinajstić information content (AvgIpc) is 3.39. The van der Waals surface area contributed by atoms with E-state index in [0.717, 1.165) is 50.5 Å². The Kier molecular flexibility index (Phi) is 9.33. The lowest BCUT2D eigenvalue weighted by molar-refractivity contribution is -0.248. The first-order valence-electron chi connectivity index (χ1n) is 19.3. The van der Waals surface area contributed by atoms with E-state index in [0.29, 0.717) is 23.5 Å². The summed E-state index contributed by atoms with van der Waals surface area (Å²) in [7, 11) is 0. The first-order chi connectivity index (χ1) is 24.3. The zero-order valence-corrected chi connectivity index (χ0v) is 31.1. The van der Waals surface area contributed by atoms with Crippen LogP contribution in [0.15, 0.2) is 72.3 Å². The molecule has 6 unspecified atom stereocenters. The average molecular weight is 695 g/mol. The van der Waals surface area contributed by atoms with Crippen LogP contribution >= 0.6 is 0 Å². The number of carbonyl (C=O) groups excluding carboxylic acids is 4. The molecular formula is C44H54O7. The number of hydrogen-bond acceptors (Lipinski definition) is 7. The van der Waals surface area contributed by atoms with Crippen LogP contribution in [0.5, 0.6) is 0 Å². The minimum atomic E-state index is -0.832. The Bertz CT molecular complexity index is 1700.